The van der Waals surface area contributed by atoms with Gasteiger partial charge in [0.05, 0.1) is 6.33 Å². The lowest BCUT2D eigenvalue weighted by Crippen LogP contribution is -2.13. The summed E-state index contributed by atoms with van der Waals surface area (Å²) in [6, 6.07) is 0. The highest BCUT2D eigenvalue weighted by molar-refractivity contribution is 6.32. The fourth-order valence-electron chi connectivity index (χ4n) is 1.98. The number of nitrogens with one attached hydrogen (secondary N) is 2. The number of hydrogen-bond acceptors (Lipinski definition) is 3. The Morgan fingerprint density at radius 2 is 2.35 bits per heavy atom. The molecule has 2 rings (SSSR count). The van der Waals surface area contributed by atoms with Crippen molar-refractivity contribution in [2.75, 3.05) is 11.9 Å². The van der Waals surface area contributed by atoms with E-state index >= 15 is 0 Å². The number of anilines is 1. The molecule has 17 heavy (non-hydrogen) atoms. The van der Waals surface area contributed by atoms with Crippen LogP contribution in [0.3, 0.4) is 0 Å². The minimum Gasteiger partial charge on any atom is -0.368 e. The van der Waals surface area contributed by atoms with Crippen LogP contribution in [0, 0.1) is 0 Å². The van der Waals surface area contributed by atoms with Crippen molar-refractivity contribution >= 4 is 17.4 Å². The summed E-state index contributed by atoms with van der Waals surface area (Å²) in [6.45, 7) is 0.766. The second-order valence-electron chi connectivity index (χ2n) is 4.18. The standard InChI is InChI=1S/C12H16ClN3O/c13-10-11(15-8-16-12(10)17)14-7-6-9-4-2-1-3-5-9/h4,8H,1-3,5-7H2,(H2,14,15,16,17). The zero-order valence-electron chi connectivity index (χ0n) is 9.63. The van der Waals surface area contributed by atoms with Crippen molar-refractivity contribution in [3.63, 3.8) is 0 Å². The van der Waals surface area contributed by atoms with Crippen LogP contribution < -0.4 is 10.9 Å². The number of aromatic nitrogens is 2. The van der Waals surface area contributed by atoms with Crippen molar-refractivity contribution in [1.82, 2.24) is 9.97 Å². The van der Waals surface area contributed by atoms with Crippen LogP contribution in [-0.4, -0.2) is 16.5 Å². The SMILES string of the molecule is O=c1[nH]cnc(NCCC2=CCCCC2)c1Cl. The van der Waals surface area contributed by atoms with E-state index in [0.29, 0.717) is 5.82 Å². The van der Waals surface area contributed by atoms with Crippen molar-refractivity contribution in [3.05, 3.63) is 33.4 Å². The van der Waals surface area contributed by atoms with E-state index in [9.17, 15) is 4.79 Å². The molecule has 0 saturated carbocycles. The van der Waals surface area contributed by atoms with Crippen LogP contribution in [0.15, 0.2) is 22.8 Å². The normalized spacial score (nSPS) is 15.5. The Labute approximate surface area is 105 Å². The molecule has 1 heterocycles. The van der Waals surface area contributed by atoms with E-state index in [2.05, 4.69) is 21.4 Å². The quantitative estimate of drug-likeness (QED) is 0.812. The van der Waals surface area contributed by atoms with Crippen LogP contribution in [-0.2, 0) is 0 Å². The van der Waals surface area contributed by atoms with Gasteiger partial charge >= 0.3 is 0 Å². The first-order chi connectivity index (χ1) is 8.27. The highest BCUT2D eigenvalue weighted by Crippen LogP contribution is 2.20. The minimum absolute atomic E-state index is 0.130. The van der Waals surface area contributed by atoms with Crippen molar-refractivity contribution in [3.8, 4) is 0 Å². The predicted octanol–water partition coefficient (Wildman–Crippen LogP) is 2.73. The Kier molecular flexibility index (Phi) is 4.20. The predicted molar refractivity (Wildman–Crippen MR) is 69.5 cm³/mol. The number of halogens is 1. The molecule has 0 radical (unpaired) electrons. The molecule has 0 unspecified atom stereocenters. The van der Waals surface area contributed by atoms with Gasteiger partial charge in [-0.15, -0.1) is 0 Å². The Morgan fingerprint density at radius 3 is 3.12 bits per heavy atom. The van der Waals surface area contributed by atoms with E-state index in [-0.39, 0.29) is 10.6 Å². The summed E-state index contributed by atoms with van der Waals surface area (Å²) in [5.41, 5.74) is 1.19. The molecule has 1 aliphatic rings. The van der Waals surface area contributed by atoms with Crippen LogP contribution in [0.1, 0.15) is 32.1 Å². The smallest absolute Gasteiger partial charge is 0.271 e. The molecule has 0 spiro atoms. The number of nitrogens with zero attached hydrogens (tertiary/aromatic N) is 1. The van der Waals surface area contributed by atoms with Crippen LogP contribution in [0.25, 0.3) is 0 Å². The summed E-state index contributed by atoms with van der Waals surface area (Å²) >= 11 is 5.83. The summed E-state index contributed by atoms with van der Waals surface area (Å²) in [7, 11) is 0. The topological polar surface area (TPSA) is 57.8 Å². The van der Waals surface area contributed by atoms with Gasteiger partial charge in [-0.3, -0.25) is 4.79 Å². The molecule has 5 heteroatoms. The maximum absolute atomic E-state index is 11.2. The summed E-state index contributed by atoms with van der Waals surface area (Å²) in [6.07, 6.45) is 9.64. The number of allylic oxidation sites excluding steroid dienone is 1. The summed E-state index contributed by atoms with van der Waals surface area (Å²) < 4.78 is 0. The third-order valence-electron chi connectivity index (χ3n) is 2.92. The van der Waals surface area contributed by atoms with Gasteiger partial charge in [0.1, 0.15) is 5.02 Å². The Morgan fingerprint density at radius 1 is 1.47 bits per heavy atom. The first kappa shape index (κ1) is 12.2. The van der Waals surface area contributed by atoms with Crippen LogP contribution in [0.2, 0.25) is 5.02 Å². The van der Waals surface area contributed by atoms with Gasteiger partial charge in [-0.25, -0.2) is 4.98 Å². The highest BCUT2D eigenvalue weighted by atomic mass is 35.5. The number of aromatic amines is 1. The summed E-state index contributed by atoms with van der Waals surface area (Å²) in [5, 5.41) is 3.23. The van der Waals surface area contributed by atoms with Gasteiger partial charge in [0, 0.05) is 6.54 Å². The van der Waals surface area contributed by atoms with Gasteiger partial charge in [-0.2, -0.15) is 0 Å². The molecule has 92 valence electrons. The summed E-state index contributed by atoms with van der Waals surface area (Å²) in [5.74, 6) is 0.465. The maximum atomic E-state index is 11.2. The average Bonchev–Trinajstić information content (AvgIpc) is 2.36. The van der Waals surface area contributed by atoms with Crippen LogP contribution in [0.4, 0.5) is 5.82 Å². The number of rotatable bonds is 4. The fourth-order valence-corrected chi connectivity index (χ4v) is 2.15. The molecule has 4 nitrogen and oxygen atoms in total. The molecule has 2 N–H and O–H groups in total. The zero-order chi connectivity index (χ0) is 12.1. The van der Waals surface area contributed by atoms with E-state index in [0.717, 1.165) is 13.0 Å². The highest BCUT2D eigenvalue weighted by Gasteiger charge is 2.06. The average molecular weight is 254 g/mol. The molecular formula is C12H16ClN3O. The molecule has 0 atom stereocenters. The molecule has 0 saturated heterocycles. The largest absolute Gasteiger partial charge is 0.368 e. The zero-order valence-corrected chi connectivity index (χ0v) is 10.4. The van der Waals surface area contributed by atoms with Gasteiger partial charge in [0.25, 0.3) is 5.56 Å². The minimum atomic E-state index is -0.305. The molecule has 1 aromatic rings. The van der Waals surface area contributed by atoms with E-state index in [1.807, 2.05) is 0 Å². The van der Waals surface area contributed by atoms with Crippen molar-refractivity contribution in [2.45, 2.75) is 32.1 Å². The van der Waals surface area contributed by atoms with Gasteiger partial charge in [0.2, 0.25) is 0 Å². The maximum Gasteiger partial charge on any atom is 0.271 e. The molecule has 0 amide bonds. The van der Waals surface area contributed by atoms with E-state index in [1.54, 1.807) is 0 Å². The van der Waals surface area contributed by atoms with Gasteiger partial charge < -0.3 is 10.3 Å². The Hall–Kier alpha value is -1.29. The molecular weight excluding hydrogens is 238 g/mol. The van der Waals surface area contributed by atoms with Crippen molar-refractivity contribution in [2.24, 2.45) is 0 Å². The van der Waals surface area contributed by atoms with Gasteiger partial charge in [-0.1, -0.05) is 23.3 Å². The lowest BCUT2D eigenvalue weighted by atomic mass is 9.97. The molecule has 0 fully saturated rings. The number of H-pyrrole nitrogens is 1. The Bertz CT molecular complexity index is 467. The van der Waals surface area contributed by atoms with Gasteiger partial charge in [0.15, 0.2) is 5.82 Å². The van der Waals surface area contributed by atoms with Crippen LogP contribution in [0.5, 0.6) is 0 Å². The second kappa shape index (κ2) is 5.87. The summed E-state index contributed by atoms with van der Waals surface area (Å²) in [4.78, 5) is 17.7. The van der Waals surface area contributed by atoms with E-state index < -0.39 is 0 Å². The van der Waals surface area contributed by atoms with Crippen LogP contribution >= 0.6 is 11.6 Å². The van der Waals surface area contributed by atoms with Gasteiger partial charge in [-0.05, 0) is 32.1 Å². The van der Waals surface area contributed by atoms with E-state index in [1.165, 1.54) is 37.6 Å². The third-order valence-corrected chi connectivity index (χ3v) is 3.27. The number of hydrogen-bond donors (Lipinski definition) is 2. The molecule has 0 aliphatic heterocycles. The fraction of sp³-hybridized carbons (Fsp3) is 0.500. The molecule has 0 aromatic carbocycles. The first-order valence-corrected chi connectivity index (χ1v) is 6.30. The lowest BCUT2D eigenvalue weighted by molar-refractivity contribution is 0.679. The second-order valence-corrected chi connectivity index (χ2v) is 4.56. The molecule has 0 bridgehead atoms. The van der Waals surface area contributed by atoms with Crippen molar-refractivity contribution in [1.29, 1.82) is 0 Å². The Balaban J connectivity index is 1.87. The van der Waals surface area contributed by atoms with Crippen molar-refractivity contribution < 1.29 is 0 Å². The third kappa shape index (κ3) is 3.33. The molecule has 1 aromatic heterocycles. The lowest BCUT2D eigenvalue weighted by Gasteiger charge is -2.13. The first-order valence-electron chi connectivity index (χ1n) is 5.92. The van der Waals surface area contributed by atoms with E-state index in [4.69, 9.17) is 11.6 Å². The monoisotopic (exact) mass is 253 g/mol. The molecule has 1 aliphatic carbocycles.